The van der Waals surface area contributed by atoms with Crippen LogP contribution in [0, 0.1) is 11.3 Å². The SMILES string of the molecule is CC1CCC(Cc2ccn(-c3ccccc3)n2)(C(=O)O)C1. The Balaban J connectivity index is 1.82. The van der Waals surface area contributed by atoms with Gasteiger partial charge < -0.3 is 5.11 Å². The van der Waals surface area contributed by atoms with Crippen molar-refractivity contribution >= 4 is 5.97 Å². The quantitative estimate of drug-likeness (QED) is 0.937. The van der Waals surface area contributed by atoms with Gasteiger partial charge in [-0.05, 0) is 43.4 Å². The van der Waals surface area contributed by atoms with Crippen LogP contribution in [0.15, 0.2) is 42.6 Å². The first kappa shape index (κ1) is 13.9. The molecule has 0 radical (unpaired) electrons. The van der Waals surface area contributed by atoms with Crippen molar-refractivity contribution < 1.29 is 9.90 Å². The van der Waals surface area contributed by atoms with E-state index in [9.17, 15) is 9.90 Å². The van der Waals surface area contributed by atoms with Crippen LogP contribution in [0.5, 0.6) is 0 Å². The van der Waals surface area contributed by atoms with Gasteiger partial charge in [0.05, 0.1) is 16.8 Å². The summed E-state index contributed by atoms with van der Waals surface area (Å²) < 4.78 is 1.81. The topological polar surface area (TPSA) is 55.1 Å². The number of carboxylic acids is 1. The van der Waals surface area contributed by atoms with E-state index >= 15 is 0 Å². The second-order valence-corrected chi connectivity index (χ2v) is 6.20. The summed E-state index contributed by atoms with van der Waals surface area (Å²) in [6.07, 6.45) is 4.92. The number of para-hydroxylation sites is 1. The van der Waals surface area contributed by atoms with Crippen molar-refractivity contribution in [3.8, 4) is 5.69 Å². The van der Waals surface area contributed by atoms with Crippen LogP contribution in [-0.4, -0.2) is 20.9 Å². The highest BCUT2D eigenvalue weighted by Crippen LogP contribution is 2.44. The number of hydrogen-bond donors (Lipinski definition) is 1. The molecule has 110 valence electrons. The fraction of sp³-hybridized carbons (Fsp3) is 0.412. The van der Waals surface area contributed by atoms with Crippen LogP contribution in [0.4, 0.5) is 0 Å². The third kappa shape index (κ3) is 2.71. The van der Waals surface area contributed by atoms with Gasteiger partial charge in [0.15, 0.2) is 0 Å². The van der Waals surface area contributed by atoms with E-state index in [0.717, 1.165) is 30.6 Å². The molecule has 0 bridgehead atoms. The Morgan fingerprint density at radius 2 is 2.14 bits per heavy atom. The van der Waals surface area contributed by atoms with Gasteiger partial charge in [-0.3, -0.25) is 4.79 Å². The number of benzene rings is 1. The predicted octanol–water partition coefficient (Wildman–Crippen LogP) is 3.31. The van der Waals surface area contributed by atoms with Crippen LogP contribution < -0.4 is 0 Å². The molecule has 1 aromatic carbocycles. The number of nitrogens with zero attached hydrogens (tertiary/aromatic N) is 2. The lowest BCUT2D eigenvalue weighted by atomic mass is 9.81. The second kappa shape index (κ2) is 5.35. The Bertz CT molecular complexity index is 635. The van der Waals surface area contributed by atoms with Crippen LogP contribution in [0.1, 0.15) is 31.9 Å². The Labute approximate surface area is 124 Å². The Morgan fingerprint density at radius 3 is 2.76 bits per heavy atom. The number of aromatic nitrogens is 2. The Kier molecular flexibility index (Phi) is 3.53. The summed E-state index contributed by atoms with van der Waals surface area (Å²) in [6, 6.07) is 11.8. The van der Waals surface area contributed by atoms with Crippen molar-refractivity contribution in [1.29, 1.82) is 0 Å². The first-order valence-corrected chi connectivity index (χ1v) is 7.42. The van der Waals surface area contributed by atoms with E-state index in [1.165, 1.54) is 0 Å². The summed E-state index contributed by atoms with van der Waals surface area (Å²) in [5.74, 6) is -0.196. The van der Waals surface area contributed by atoms with Gasteiger partial charge in [-0.25, -0.2) is 4.68 Å². The van der Waals surface area contributed by atoms with Crippen LogP contribution in [0.3, 0.4) is 0 Å². The average Bonchev–Trinajstić information content (AvgIpc) is 3.08. The third-order valence-corrected chi connectivity index (χ3v) is 4.49. The van der Waals surface area contributed by atoms with Crippen molar-refractivity contribution in [2.75, 3.05) is 0 Å². The highest BCUT2D eigenvalue weighted by Gasteiger charge is 2.44. The molecule has 1 aliphatic carbocycles. The van der Waals surface area contributed by atoms with Gasteiger partial charge >= 0.3 is 5.97 Å². The highest BCUT2D eigenvalue weighted by atomic mass is 16.4. The van der Waals surface area contributed by atoms with E-state index in [1.807, 2.05) is 47.3 Å². The second-order valence-electron chi connectivity index (χ2n) is 6.20. The number of hydrogen-bond acceptors (Lipinski definition) is 2. The molecule has 0 aliphatic heterocycles. The van der Waals surface area contributed by atoms with Crippen LogP contribution in [-0.2, 0) is 11.2 Å². The van der Waals surface area contributed by atoms with Crippen molar-refractivity contribution in [3.63, 3.8) is 0 Å². The smallest absolute Gasteiger partial charge is 0.310 e. The van der Waals surface area contributed by atoms with Crippen molar-refractivity contribution in [3.05, 3.63) is 48.3 Å². The van der Waals surface area contributed by atoms with Crippen molar-refractivity contribution in [1.82, 2.24) is 9.78 Å². The number of carboxylic acid groups (broad SMARTS) is 1. The van der Waals surface area contributed by atoms with Crippen molar-refractivity contribution in [2.45, 2.75) is 32.6 Å². The minimum Gasteiger partial charge on any atom is -0.481 e. The minimum atomic E-state index is -0.680. The van der Waals surface area contributed by atoms with Gasteiger partial charge in [-0.2, -0.15) is 5.10 Å². The molecule has 21 heavy (non-hydrogen) atoms. The summed E-state index contributed by atoms with van der Waals surface area (Å²) in [7, 11) is 0. The molecular formula is C17H20N2O2. The summed E-state index contributed by atoms with van der Waals surface area (Å²) >= 11 is 0. The lowest BCUT2D eigenvalue weighted by Gasteiger charge is -2.23. The largest absolute Gasteiger partial charge is 0.481 e. The third-order valence-electron chi connectivity index (χ3n) is 4.49. The average molecular weight is 284 g/mol. The van der Waals surface area contributed by atoms with Crippen molar-refractivity contribution in [2.24, 2.45) is 11.3 Å². The molecule has 3 rings (SSSR count). The lowest BCUT2D eigenvalue weighted by molar-refractivity contribution is -0.148. The van der Waals surface area contributed by atoms with E-state index < -0.39 is 11.4 Å². The predicted molar refractivity (Wildman–Crippen MR) is 80.4 cm³/mol. The molecule has 4 nitrogen and oxygen atoms in total. The zero-order valence-corrected chi connectivity index (χ0v) is 12.2. The molecule has 1 N–H and O–H groups in total. The van der Waals surface area contributed by atoms with Gasteiger partial charge in [0.2, 0.25) is 0 Å². The molecule has 1 heterocycles. The maximum absolute atomic E-state index is 11.7. The molecule has 1 aliphatic rings. The van der Waals surface area contributed by atoms with E-state index in [4.69, 9.17) is 0 Å². The van der Waals surface area contributed by atoms with Gasteiger partial charge in [0.1, 0.15) is 0 Å². The zero-order valence-electron chi connectivity index (χ0n) is 12.2. The van der Waals surface area contributed by atoms with Crippen LogP contribution in [0.25, 0.3) is 5.69 Å². The van der Waals surface area contributed by atoms with Crippen LogP contribution in [0.2, 0.25) is 0 Å². The molecule has 0 saturated heterocycles. The molecule has 2 unspecified atom stereocenters. The number of carbonyl (C=O) groups is 1. The van der Waals surface area contributed by atoms with Gasteiger partial charge in [-0.1, -0.05) is 25.1 Å². The highest BCUT2D eigenvalue weighted by molar-refractivity contribution is 5.75. The first-order valence-electron chi connectivity index (χ1n) is 7.42. The molecule has 4 heteroatoms. The molecule has 0 spiro atoms. The normalized spacial score (nSPS) is 25.1. The summed E-state index contributed by atoms with van der Waals surface area (Å²) in [5.41, 5.74) is 1.22. The zero-order chi connectivity index (χ0) is 14.9. The summed E-state index contributed by atoms with van der Waals surface area (Å²) in [5, 5.41) is 14.2. The molecular weight excluding hydrogens is 264 g/mol. The number of rotatable bonds is 4. The van der Waals surface area contributed by atoms with Gasteiger partial charge in [0, 0.05) is 12.6 Å². The molecule has 0 amide bonds. The fourth-order valence-electron chi connectivity index (χ4n) is 3.35. The molecule has 2 aromatic rings. The minimum absolute atomic E-state index is 0.484. The fourth-order valence-corrected chi connectivity index (χ4v) is 3.35. The van der Waals surface area contributed by atoms with Gasteiger partial charge in [-0.15, -0.1) is 0 Å². The standard InChI is InChI=1S/C17H20N2O2/c1-13-7-9-17(11-13,16(20)21)12-14-8-10-19(18-14)15-5-3-2-4-6-15/h2-6,8,10,13H,7,9,11-12H2,1H3,(H,20,21). The lowest BCUT2D eigenvalue weighted by Crippen LogP contribution is -2.30. The maximum atomic E-state index is 11.7. The van der Waals surface area contributed by atoms with E-state index in [1.54, 1.807) is 0 Å². The summed E-state index contributed by atoms with van der Waals surface area (Å²) in [6.45, 7) is 2.13. The van der Waals surface area contributed by atoms with Crippen LogP contribution >= 0.6 is 0 Å². The van der Waals surface area contributed by atoms with Gasteiger partial charge in [0.25, 0.3) is 0 Å². The number of aliphatic carboxylic acids is 1. The summed E-state index contributed by atoms with van der Waals surface area (Å²) in [4.78, 5) is 11.7. The van der Waals surface area contributed by atoms with E-state index in [-0.39, 0.29) is 0 Å². The molecule has 2 atom stereocenters. The molecule has 1 aromatic heterocycles. The Hall–Kier alpha value is -2.10. The van der Waals surface area contributed by atoms with E-state index in [2.05, 4.69) is 12.0 Å². The maximum Gasteiger partial charge on any atom is 0.310 e. The van der Waals surface area contributed by atoms with E-state index in [0.29, 0.717) is 12.3 Å². The molecule has 1 saturated carbocycles. The monoisotopic (exact) mass is 284 g/mol. The first-order chi connectivity index (χ1) is 10.1. The molecule has 1 fully saturated rings. The Morgan fingerprint density at radius 1 is 1.38 bits per heavy atom.